The number of hydrogen-bond acceptors (Lipinski definition) is 5. The molecular formula is C9H8F2N2O4. The van der Waals surface area contributed by atoms with E-state index >= 15 is 0 Å². The van der Waals surface area contributed by atoms with Crippen LogP contribution in [0.4, 0.5) is 14.6 Å². The summed E-state index contributed by atoms with van der Waals surface area (Å²) in [7, 11) is 1.07. The lowest BCUT2D eigenvalue weighted by Gasteiger charge is -2.04. The largest absolute Gasteiger partial charge is 0.463 e. The highest BCUT2D eigenvalue weighted by Gasteiger charge is 2.29. The first-order valence-corrected chi connectivity index (χ1v) is 4.40. The van der Waals surface area contributed by atoms with Crippen LogP contribution < -0.4 is 0 Å². The second kappa shape index (κ2) is 4.81. The van der Waals surface area contributed by atoms with Crippen LogP contribution in [0.2, 0.25) is 0 Å². The number of alkyl halides is 2. The summed E-state index contributed by atoms with van der Waals surface area (Å²) in [6, 6.07) is 0.863. The third-order valence-corrected chi connectivity index (χ3v) is 2.01. The van der Waals surface area contributed by atoms with Gasteiger partial charge < -0.3 is 14.9 Å². The minimum atomic E-state index is -3.03. The predicted octanol–water partition coefficient (Wildman–Crippen LogP) is 2.02. The molecule has 0 amide bonds. The van der Waals surface area contributed by atoms with Gasteiger partial charge in [-0.05, 0) is 22.9 Å². The topological polar surface area (TPSA) is 82.3 Å². The van der Waals surface area contributed by atoms with E-state index in [2.05, 4.69) is 9.72 Å². The maximum absolute atomic E-state index is 12.5. The number of aromatic nitrogens is 1. The van der Waals surface area contributed by atoms with E-state index in [1.165, 1.54) is 6.92 Å². The molecule has 0 aliphatic heterocycles. The maximum atomic E-state index is 12.5. The molecule has 1 aromatic heterocycles. The fourth-order valence-electron chi connectivity index (χ4n) is 1.23. The van der Waals surface area contributed by atoms with Crippen LogP contribution in [0.5, 0.6) is 0 Å². The Morgan fingerprint density at radius 1 is 1.59 bits per heavy atom. The summed E-state index contributed by atoms with van der Waals surface area (Å²) < 4.78 is 29.4. The second-order valence-corrected chi connectivity index (χ2v) is 3.12. The number of nitrogens with zero attached hydrogens (tertiary/aromatic N) is 2. The summed E-state index contributed by atoms with van der Waals surface area (Å²) in [6.45, 7) is 1.34. The Morgan fingerprint density at radius 3 is 2.59 bits per heavy atom. The van der Waals surface area contributed by atoms with Gasteiger partial charge in [0.1, 0.15) is 5.56 Å². The molecule has 0 atom stereocenters. The Hall–Kier alpha value is -2.12. The van der Waals surface area contributed by atoms with Crippen molar-refractivity contribution in [3.63, 3.8) is 0 Å². The number of nitro groups is 1. The van der Waals surface area contributed by atoms with Gasteiger partial charge in [-0.1, -0.05) is 0 Å². The molecule has 0 N–H and O–H groups in total. The van der Waals surface area contributed by atoms with E-state index in [4.69, 9.17) is 0 Å². The summed E-state index contributed by atoms with van der Waals surface area (Å²) in [4.78, 5) is 24.0. The molecule has 0 aliphatic carbocycles. The molecule has 0 radical (unpaired) electrons. The van der Waals surface area contributed by atoms with Crippen LogP contribution in [0.1, 0.15) is 28.0 Å². The number of methoxy groups -OCH3 is 1. The van der Waals surface area contributed by atoms with Crippen molar-refractivity contribution in [2.45, 2.75) is 13.3 Å². The van der Waals surface area contributed by atoms with Gasteiger partial charge in [0.05, 0.1) is 7.11 Å². The number of hydrogen-bond donors (Lipinski definition) is 0. The van der Waals surface area contributed by atoms with Crippen molar-refractivity contribution in [1.82, 2.24) is 4.98 Å². The molecule has 1 rings (SSSR count). The molecule has 0 bridgehead atoms. The standard InChI is InChI=1S/C9H8F2N2O4/c1-4-3-5(7(10)11)8(13(15)16)12-6(4)9(14)17-2/h3,7H,1-2H3. The van der Waals surface area contributed by atoms with Crippen molar-refractivity contribution < 1.29 is 23.2 Å². The van der Waals surface area contributed by atoms with E-state index in [1.54, 1.807) is 0 Å². The van der Waals surface area contributed by atoms with Crippen LogP contribution in [0.15, 0.2) is 6.07 Å². The number of esters is 1. The Balaban J connectivity index is 3.45. The van der Waals surface area contributed by atoms with Crippen molar-refractivity contribution in [2.24, 2.45) is 0 Å². The van der Waals surface area contributed by atoms with Gasteiger partial charge in [-0.25, -0.2) is 13.6 Å². The molecule has 17 heavy (non-hydrogen) atoms. The second-order valence-electron chi connectivity index (χ2n) is 3.12. The number of ether oxygens (including phenoxy) is 1. The summed E-state index contributed by atoms with van der Waals surface area (Å²) >= 11 is 0. The van der Waals surface area contributed by atoms with E-state index in [0.717, 1.165) is 13.2 Å². The molecule has 0 saturated carbocycles. The average Bonchev–Trinajstić information content (AvgIpc) is 2.27. The number of rotatable bonds is 3. The predicted molar refractivity (Wildman–Crippen MR) is 51.9 cm³/mol. The highest BCUT2D eigenvalue weighted by molar-refractivity contribution is 5.89. The highest BCUT2D eigenvalue weighted by Crippen LogP contribution is 2.29. The summed E-state index contributed by atoms with van der Waals surface area (Å²) in [5, 5.41) is 10.6. The number of carbonyl (C=O) groups is 1. The first kappa shape index (κ1) is 12.9. The zero-order valence-corrected chi connectivity index (χ0v) is 8.94. The van der Waals surface area contributed by atoms with E-state index in [1.807, 2.05) is 0 Å². The lowest BCUT2D eigenvalue weighted by atomic mass is 10.1. The van der Waals surface area contributed by atoms with Crippen molar-refractivity contribution in [3.8, 4) is 0 Å². The first-order valence-electron chi connectivity index (χ1n) is 4.40. The number of carbonyl (C=O) groups excluding carboxylic acids is 1. The fourth-order valence-corrected chi connectivity index (χ4v) is 1.23. The quantitative estimate of drug-likeness (QED) is 0.463. The lowest BCUT2D eigenvalue weighted by Crippen LogP contribution is -2.10. The third kappa shape index (κ3) is 2.52. The number of aryl methyl sites for hydroxylation is 1. The molecule has 6 nitrogen and oxygen atoms in total. The monoisotopic (exact) mass is 246 g/mol. The van der Waals surface area contributed by atoms with E-state index < -0.39 is 28.7 Å². The summed E-state index contributed by atoms with van der Waals surface area (Å²) in [5.41, 5.74) is -1.07. The van der Waals surface area contributed by atoms with E-state index in [-0.39, 0.29) is 11.3 Å². The Kier molecular flexibility index (Phi) is 3.66. The minimum Gasteiger partial charge on any atom is -0.463 e. The molecule has 1 heterocycles. The Labute approximate surface area is 94.4 Å². The molecule has 8 heteroatoms. The van der Waals surface area contributed by atoms with Crippen LogP contribution in [-0.4, -0.2) is 23.0 Å². The molecule has 0 fully saturated rings. The van der Waals surface area contributed by atoms with E-state index in [0.29, 0.717) is 0 Å². The first-order chi connectivity index (χ1) is 7.88. The van der Waals surface area contributed by atoms with Gasteiger partial charge in [0, 0.05) is 5.56 Å². The van der Waals surface area contributed by atoms with Crippen molar-refractivity contribution in [2.75, 3.05) is 7.11 Å². The maximum Gasteiger partial charge on any atom is 0.383 e. The van der Waals surface area contributed by atoms with Crippen molar-refractivity contribution in [3.05, 3.63) is 33.0 Å². The molecule has 0 spiro atoms. The smallest absolute Gasteiger partial charge is 0.383 e. The fraction of sp³-hybridized carbons (Fsp3) is 0.333. The zero-order chi connectivity index (χ0) is 13.2. The molecule has 0 saturated heterocycles. The zero-order valence-electron chi connectivity index (χ0n) is 8.94. The summed E-state index contributed by atoms with van der Waals surface area (Å²) in [5.74, 6) is -1.95. The van der Waals surface area contributed by atoms with Gasteiger partial charge in [0.2, 0.25) is 0 Å². The van der Waals surface area contributed by atoms with Crippen LogP contribution >= 0.6 is 0 Å². The Morgan fingerprint density at radius 2 is 2.18 bits per heavy atom. The number of pyridine rings is 1. The lowest BCUT2D eigenvalue weighted by molar-refractivity contribution is -0.391. The molecular weight excluding hydrogens is 238 g/mol. The molecule has 0 unspecified atom stereocenters. The van der Waals surface area contributed by atoms with Gasteiger partial charge in [-0.2, -0.15) is 0 Å². The third-order valence-electron chi connectivity index (χ3n) is 2.01. The van der Waals surface area contributed by atoms with Gasteiger partial charge in [-0.15, -0.1) is 0 Å². The van der Waals surface area contributed by atoms with Gasteiger partial charge >= 0.3 is 11.8 Å². The number of halogens is 2. The molecule has 0 aliphatic rings. The van der Waals surface area contributed by atoms with Crippen LogP contribution in [0, 0.1) is 17.0 Å². The summed E-state index contributed by atoms with van der Waals surface area (Å²) in [6.07, 6.45) is -3.03. The average molecular weight is 246 g/mol. The van der Waals surface area contributed by atoms with Crippen LogP contribution in [0.25, 0.3) is 0 Å². The van der Waals surface area contributed by atoms with E-state index in [9.17, 15) is 23.7 Å². The SMILES string of the molecule is COC(=O)c1nc([N+](=O)[O-])c(C(F)F)cc1C. The minimum absolute atomic E-state index is 0.0951. The van der Waals surface area contributed by atoms with Gasteiger partial charge in [0.15, 0.2) is 0 Å². The normalized spacial score (nSPS) is 10.4. The Bertz CT molecular complexity index is 476. The molecule has 1 aromatic rings. The van der Waals surface area contributed by atoms with Crippen molar-refractivity contribution >= 4 is 11.8 Å². The van der Waals surface area contributed by atoms with Crippen LogP contribution in [-0.2, 0) is 4.74 Å². The highest BCUT2D eigenvalue weighted by atomic mass is 19.3. The van der Waals surface area contributed by atoms with Crippen molar-refractivity contribution in [1.29, 1.82) is 0 Å². The molecule has 92 valence electrons. The van der Waals surface area contributed by atoms with Gasteiger partial charge in [-0.3, -0.25) is 0 Å². The van der Waals surface area contributed by atoms with Crippen LogP contribution in [0.3, 0.4) is 0 Å². The van der Waals surface area contributed by atoms with Gasteiger partial charge in [0.25, 0.3) is 12.1 Å². The molecule has 0 aromatic carbocycles.